The van der Waals surface area contributed by atoms with Crippen molar-refractivity contribution in [3.05, 3.63) is 11.6 Å². The standard InChI is InChI=1S/C13H27NO2S/c1-5-10-17(15,16)11-8-13(4)7-6-9-14-12(2)3/h7,12,14H,5-6,8-11H2,1-4H3. The van der Waals surface area contributed by atoms with E-state index in [4.69, 9.17) is 0 Å². The van der Waals surface area contributed by atoms with Crippen LogP contribution in [0, 0.1) is 0 Å². The summed E-state index contributed by atoms with van der Waals surface area (Å²) in [5, 5.41) is 3.33. The molecule has 0 bridgehead atoms. The summed E-state index contributed by atoms with van der Waals surface area (Å²) in [5.41, 5.74) is 1.18. The third-order valence-electron chi connectivity index (χ3n) is 2.51. The highest BCUT2D eigenvalue weighted by atomic mass is 32.2. The summed E-state index contributed by atoms with van der Waals surface area (Å²) >= 11 is 0. The van der Waals surface area contributed by atoms with E-state index in [-0.39, 0.29) is 0 Å². The first-order valence-electron chi connectivity index (χ1n) is 6.47. The number of hydrogen-bond acceptors (Lipinski definition) is 3. The molecule has 102 valence electrons. The molecule has 3 nitrogen and oxygen atoms in total. The molecule has 0 unspecified atom stereocenters. The molecule has 17 heavy (non-hydrogen) atoms. The molecule has 1 N–H and O–H groups in total. The lowest BCUT2D eigenvalue weighted by Gasteiger charge is -2.06. The second kappa shape index (κ2) is 8.70. The molecular weight excluding hydrogens is 234 g/mol. The van der Waals surface area contributed by atoms with Crippen molar-refractivity contribution >= 4 is 9.84 Å². The van der Waals surface area contributed by atoms with Crippen LogP contribution in [0.1, 0.15) is 47.0 Å². The van der Waals surface area contributed by atoms with Gasteiger partial charge in [0.2, 0.25) is 0 Å². The minimum Gasteiger partial charge on any atom is -0.314 e. The fourth-order valence-electron chi connectivity index (χ4n) is 1.52. The fourth-order valence-corrected chi connectivity index (χ4v) is 2.98. The maximum Gasteiger partial charge on any atom is 0.150 e. The molecule has 0 radical (unpaired) electrons. The van der Waals surface area contributed by atoms with Crippen molar-refractivity contribution in [3.63, 3.8) is 0 Å². The maximum atomic E-state index is 11.5. The summed E-state index contributed by atoms with van der Waals surface area (Å²) in [4.78, 5) is 0. The van der Waals surface area contributed by atoms with Crippen molar-refractivity contribution in [3.8, 4) is 0 Å². The SMILES string of the molecule is CCCS(=O)(=O)CCC(C)=CCCNC(C)C. The third-order valence-corrected chi connectivity index (χ3v) is 4.37. The number of nitrogens with one attached hydrogen (secondary N) is 1. The molecule has 0 amide bonds. The van der Waals surface area contributed by atoms with E-state index < -0.39 is 9.84 Å². The van der Waals surface area contributed by atoms with Crippen LogP contribution in [0.3, 0.4) is 0 Å². The zero-order valence-corrected chi connectivity index (χ0v) is 12.4. The average Bonchev–Trinajstić information content (AvgIpc) is 2.21. The summed E-state index contributed by atoms with van der Waals surface area (Å²) in [6, 6.07) is 0.508. The van der Waals surface area contributed by atoms with Crippen molar-refractivity contribution in [2.45, 2.75) is 53.0 Å². The summed E-state index contributed by atoms with van der Waals surface area (Å²) in [6.07, 6.45) is 4.49. The van der Waals surface area contributed by atoms with Gasteiger partial charge in [0, 0.05) is 11.8 Å². The van der Waals surface area contributed by atoms with E-state index in [1.807, 2.05) is 13.8 Å². The molecule has 0 atom stereocenters. The number of sulfone groups is 1. The highest BCUT2D eigenvalue weighted by molar-refractivity contribution is 7.91. The van der Waals surface area contributed by atoms with Gasteiger partial charge in [-0.3, -0.25) is 0 Å². The van der Waals surface area contributed by atoms with Gasteiger partial charge in [0.05, 0.1) is 5.75 Å². The first-order chi connectivity index (χ1) is 7.87. The molecule has 0 aromatic heterocycles. The smallest absolute Gasteiger partial charge is 0.150 e. The van der Waals surface area contributed by atoms with E-state index in [1.54, 1.807) is 0 Å². The lowest BCUT2D eigenvalue weighted by atomic mass is 10.2. The Bertz CT molecular complexity index is 318. The Kier molecular flexibility index (Phi) is 8.52. The average molecular weight is 261 g/mol. The lowest BCUT2D eigenvalue weighted by molar-refractivity contribution is 0.592. The molecule has 0 aromatic rings. The van der Waals surface area contributed by atoms with Gasteiger partial charge in [-0.05, 0) is 32.7 Å². The predicted molar refractivity (Wildman–Crippen MR) is 75.1 cm³/mol. The van der Waals surface area contributed by atoms with Gasteiger partial charge in [-0.15, -0.1) is 0 Å². The first kappa shape index (κ1) is 16.6. The van der Waals surface area contributed by atoms with E-state index in [9.17, 15) is 8.42 Å². The Balaban J connectivity index is 3.85. The summed E-state index contributed by atoms with van der Waals surface area (Å²) < 4.78 is 23.0. The van der Waals surface area contributed by atoms with Crippen molar-refractivity contribution in [2.75, 3.05) is 18.1 Å². The van der Waals surface area contributed by atoms with Crippen molar-refractivity contribution in [2.24, 2.45) is 0 Å². The van der Waals surface area contributed by atoms with Crippen LogP contribution in [0.2, 0.25) is 0 Å². The Morgan fingerprint density at radius 1 is 1.29 bits per heavy atom. The lowest BCUT2D eigenvalue weighted by Crippen LogP contribution is -2.23. The van der Waals surface area contributed by atoms with Crippen LogP contribution in [0.5, 0.6) is 0 Å². The van der Waals surface area contributed by atoms with Crippen LogP contribution in [0.25, 0.3) is 0 Å². The minimum atomic E-state index is -2.83. The summed E-state index contributed by atoms with van der Waals surface area (Å²) in [7, 11) is -2.83. The Morgan fingerprint density at radius 2 is 1.94 bits per heavy atom. The Labute approximate surface area is 107 Å². The highest BCUT2D eigenvalue weighted by Gasteiger charge is 2.08. The van der Waals surface area contributed by atoms with Crippen molar-refractivity contribution in [1.29, 1.82) is 0 Å². The minimum absolute atomic E-state index is 0.292. The quantitative estimate of drug-likeness (QED) is 0.512. The van der Waals surface area contributed by atoms with Gasteiger partial charge in [-0.1, -0.05) is 32.4 Å². The van der Waals surface area contributed by atoms with E-state index in [0.717, 1.165) is 13.0 Å². The van der Waals surface area contributed by atoms with Gasteiger partial charge < -0.3 is 5.32 Å². The van der Waals surface area contributed by atoms with Crippen LogP contribution in [0.4, 0.5) is 0 Å². The van der Waals surface area contributed by atoms with Gasteiger partial charge in [0.15, 0.2) is 9.84 Å². The molecule has 0 saturated carbocycles. The second-order valence-electron chi connectivity index (χ2n) is 4.85. The van der Waals surface area contributed by atoms with Gasteiger partial charge in [-0.25, -0.2) is 8.42 Å². The summed E-state index contributed by atoms with van der Waals surface area (Å²) in [6.45, 7) is 9.10. The fraction of sp³-hybridized carbons (Fsp3) is 0.846. The molecule has 0 fully saturated rings. The van der Waals surface area contributed by atoms with Gasteiger partial charge in [0.1, 0.15) is 0 Å². The van der Waals surface area contributed by atoms with Crippen LogP contribution >= 0.6 is 0 Å². The molecule has 0 heterocycles. The van der Waals surface area contributed by atoms with Crippen molar-refractivity contribution < 1.29 is 8.42 Å². The van der Waals surface area contributed by atoms with E-state index >= 15 is 0 Å². The van der Waals surface area contributed by atoms with Gasteiger partial charge in [-0.2, -0.15) is 0 Å². The van der Waals surface area contributed by atoms with Crippen molar-refractivity contribution in [1.82, 2.24) is 5.32 Å². The normalized spacial score (nSPS) is 13.4. The molecule has 0 aliphatic rings. The molecule has 0 spiro atoms. The predicted octanol–water partition coefficient (Wildman–Crippen LogP) is 2.54. The first-order valence-corrected chi connectivity index (χ1v) is 8.29. The molecular formula is C13H27NO2S. The van der Waals surface area contributed by atoms with E-state index in [1.165, 1.54) is 5.57 Å². The molecule has 0 aliphatic carbocycles. The van der Waals surface area contributed by atoms with Crippen LogP contribution < -0.4 is 5.32 Å². The Hall–Kier alpha value is -0.350. The molecule has 0 rings (SSSR count). The van der Waals surface area contributed by atoms with Crippen LogP contribution in [-0.2, 0) is 9.84 Å². The van der Waals surface area contributed by atoms with Crippen LogP contribution in [0.15, 0.2) is 11.6 Å². The number of rotatable bonds is 9. The van der Waals surface area contributed by atoms with Gasteiger partial charge in [0.25, 0.3) is 0 Å². The Morgan fingerprint density at radius 3 is 2.47 bits per heavy atom. The maximum absolute atomic E-state index is 11.5. The molecule has 0 aliphatic heterocycles. The largest absolute Gasteiger partial charge is 0.314 e. The highest BCUT2D eigenvalue weighted by Crippen LogP contribution is 2.05. The number of allylic oxidation sites excluding steroid dienone is 1. The van der Waals surface area contributed by atoms with Gasteiger partial charge >= 0.3 is 0 Å². The molecule has 0 saturated heterocycles. The monoisotopic (exact) mass is 261 g/mol. The second-order valence-corrected chi connectivity index (χ2v) is 7.15. The van der Waals surface area contributed by atoms with E-state index in [2.05, 4.69) is 25.2 Å². The molecule has 4 heteroatoms. The zero-order chi connectivity index (χ0) is 13.3. The topological polar surface area (TPSA) is 46.2 Å². The zero-order valence-electron chi connectivity index (χ0n) is 11.6. The summed E-state index contributed by atoms with van der Waals surface area (Å²) in [5.74, 6) is 0.607. The van der Waals surface area contributed by atoms with Crippen LogP contribution in [-0.4, -0.2) is 32.5 Å². The van der Waals surface area contributed by atoms with E-state index in [0.29, 0.717) is 30.4 Å². The third kappa shape index (κ3) is 10.5. The number of hydrogen-bond donors (Lipinski definition) is 1. The molecule has 0 aromatic carbocycles.